The summed E-state index contributed by atoms with van der Waals surface area (Å²) in [6, 6.07) is 0. The first-order valence-electron chi connectivity index (χ1n) is 9.41. The predicted octanol–water partition coefficient (Wildman–Crippen LogP) is 2.92. The summed E-state index contributed by atoms with van der Waals surface area (Å²) >= 11 is 1.33. The van der Waals surface area contributed by atoms with Crippen molar-refractivity contribution in [1.29, 1.82) is 0 Å². The van der Waals surface area contributed by atoms with Gasteiger partial charge in [-0.1, -0.05) is 32.5 Å². The highest BCUT2D eigenvalue weighted by Crippen LogP contribution is 2.36. The molecule has 0 aromatic heterocycles. The van der Waals surface area contributed by atoms with Crippen molar-refractivity contribution in [2.45, 2.75) is 45.8 Å². The number of hydrogen-bond acceptors (Lipinski definition) is 6. The number of hydrogen-bond donors (Lipinski definition) is 0. The van der Waals surface area contributed by atoms with E-state index in [2.05, 4.69) is 43.7 Å². The molecule has 0 spiro atoms. The molecule has 1 rings (SSSR count). The molecule has 5 nitrogen and oxygen atoms in total. The Bertz CT molecular complexity index is 394. The molecule has 1 aliphatic rings. The van der Waals surface area contributed by atoms with E-state index in [4.69, 9.17) is 9.16 Å². The Labute approximate surface area is 159 Å². The molecule has 0 bridgehead atoms. The van der Waals surface area contributed by atoms with E-state index in [0.717, 1.165) is 58.2 Å². The Morgan fingerprint density at radius 2 is 1.52 bits per heavy atom. The fourth-order valence-corrected chi connectivity index (χ4v) is 3.95. The van der Waals surface area contributed by atoms with Gasteiger partial charge < -0.3 is 9.16 Å². The second-order valence-electron chi connectivity index (χ2n) is 8.24. The summed E-state index contributed by atoms with van der Waals surface area (Å²) in [5.74, 6) is 0.761. The number of ether oxygens (including phenoxy) is 1. The van der Waals surface area contributed by atoms with E-state index in [-0.39, 0.29) is 10.2 Å². The van der Waals surface area contributed by atoms with Crippen molar-refractivity contribution in [3.8, 4) is 0 Å². The largest absolute Gasteiger partial charge is 0.416 e. The first-order valence-corrected chi connectivity index (χ1v) is 13.3. The highest BCUT2D eigenvalue weighted by Gasteiger charge is 2.37. The van der Waals surface area contributed by atoms with E-state index in [0.29, 0.717) is 6.61 Å². The van der Waals surface area contributed by atoms with Gasteiger partial charge >= 0.3 is 0 Å². The van der Waals surface area contributed by atoms with Gasteiger partial charge in [0, 0.05) is 58.6 Å². The molecule has 1 aliphatic heterocycles. The third-order valence-corrected chi connectivity index (χ3v) is 10.5. The first kappa shape index (κ1) is 23.1. The number of thioether (sulfide) groups is 1. The number of carbonyl (C=O) groups is 1. The maximum Gasteiger partial charge on any atom is 0.192 e. The Balaban J connectivity index is 2.07. The van der Waals surface area contributed by atoms with Gasteiger partial charge in [0.2, 0.25) is 0 Å². The molecule has 1 heterocycles. The molecule has 0 amide bonds. The lowest BCUT2D eigenvalue weighted by molar-refractivity contribution is -0.109. The third kappa shape index (κ3) is 9.54. The van der Waals surface area contributed by atoms with Crippen molar-refractivity contribution < 1.29 is 14.0 Å². The molecule has 0 radical (unpaired) electrons. The van der Waals surface area contributed by atoms with E-state index in [1.807, 2.05) is 0 Å². The van der Waals surface area contributed by atoms with E-state index >= 15 is 0 Å². The summed E-state index contributed by atoms with van der Waals surface area (Å²) in [6.45, 7) is 21.8. The molecule has 0 saturated carbocycles. The van der Waals surface area contributed by atoms with E-state index in [1.165, 1.54) is 11.8 Å². The first-order chi connectivity index (χ1) is 11.6. The van der Waals surface area contributed by atoms with Gasteiger partial charge in [-0.05, 0) is 18.1 Å². The minimum absolute atomic E-state index is 0.164. The van der Waals surface area contributed by atoms with E-state index in [9.17, 15) is 4.79 Å². The number of piperazine rings is 1. The van der Waals surface area contributed by atoms with Crippen LogP contribution in [0, 0.1) is 0 Å². The van der Waals surface area contributed by atoms with Crippen LogP contribution in [-0.4, -0.2) is 88.1 Å². The quantitative estimate of drug-likeness (QED) is 0.422. The van der Waals surface area contributed by atoms with Crippen LogP contribution in [-0.2, 0) is 14.0 Å². The fourth-order valence-electron chi connectivity index (χ4n) is 2.42. The molecule has 1 saturated heterocycles. The van der Waals surface area contributed by atoms with Crippen molar-refractivity contribution in [1.82, 2.24) is 9.80 Å². The molecule has 0 unspecified atom stereocenters. The van der Waals surface area contributed by atoms with Crippen molar-refractivity contribution in [2.75, 3.05) is 64.8 Å². The Morgan fingerprint density at radius 3 is 2.00 bits per heavy atom. The molecule has 0 aromatic carbocycles. The summed E-state index contributed by atoms with van der Waals surface area (Å²) in [5, 5.41) is 0.450. The van der Waals surface area contributed by atoms with Crippen molar-refractivity contribution >= 4 is 25.2 Å². The zero-order chi connectivity index (χ0) is 18.9. The van der Waals surface area contributed by atoms with Crippen LogP contribution in [0.1, 0.15) is 27.7 Å². The highest BCUT2D eigenvalue weighted by atomic mass is 32.2. The predicted molar refractivity (Wildman–Crippen MR) is 110 cm³/mol. The minimum atomic E-state index is -1.62. The van der Waals surface area contributed by atoms with Gasteiger partial charge in [-0.2, -0.15) is 0 Å². The summed E-state index contributed by atoms with van der Waals surface area (Å²) in [7, 11) is -1.62. The van der Waals surface area contributed by atoms with E-state index < -0.39 is 8.32 Å². The maximum atomic E-state index is 10.8. The van der Waals surface area contributed by atoms with Gasteiger partial charge in [-0.15, -0.1) is 0 Å². The average molecular weight is 391 g/mol. The number of nitrogens with zero attached hydrogens (tertiary/aromatic N) is 2. The zero-order valence-corrected chi connectivity index (χ0v) is 18.9. The van der Waals surface area contributed by atoms with Gasteiger partial charge in [-0.25, -0.2) is 0 Å². The average Bonchev–Trinajstić information content (AvgIpc) is 2.50. The normalized spacial score (nSPS) is 17.8. The fraction of sp³-hybridized carbons (Fsp3) is 0.944. The SMILES string of the molecule is CC(=O)SCCOCCN1CCN(CCO[Si](C)(C)C(C)(C)C)CC1. The molecular formula is C18H38N2O3SSi. The van der Waals surface area contributed by atoms with Gasteiger partial charge in [0.15, 0.2) is 13.4 Å². The van der Waals surface area contributed by atoms with Gasteiger partial charge in [0.25, 0.3) is 0 Å². The Hall–Kier alpha value is 0.0769. The summed E-state index contributed by atoms with van der Waals surface area (Å²) in [5.41, 5.74) is 0. The topological polar surface area (TPSA) is 42.0 Å². The Kier molecular flexibility index (Phi) is 10.2. The smallest absolute Gasteiger partial charge is 0.192 e. The van der Waals surface area contributed by atoms with Crippen LogP contribution in [0.15, 0.2) is 0 Å². The lowest BCUT2D eigenvalue weighted by Gasteiger charge is -2.38. The van der Waals surface area contributed by atoms with Gasteiger partial charge in [0.1, 0.15) is 0 Å². The van der Waals surface area contributed by atoms with Crippen LogP contribution in [0.2, 0.25) is 18.1 Å². The summed E-state index contributed by atoms with van der Waals surface area (Å²) < 4.78 is 11.9. The minimum Gasteiger partial charge on any atom is -0.416 e. The van der Waals surface area contributed by atoms with E-state index in [1.54, 1.807) is 6.92 Å². The van der Waals surface area contributed by atoms with Crippen LogP contribution in [0.3, 0.4) is 0 Å². The third-order valence-electron chi connectivity index (χ3n) is 5.23. The highest BCUT2D eigenvalue weighted by molar-refractivity contribution is 8.13. The monoisotopic (exact) mass is 390 g/mol. The van der Waals surface area contributed by atoms with Crippen molar-refractivity contribution in [3.05, 3.63) is 0 Å². The lowest BCUT2D eigenvalue weighted by atomic mass is 10.2. The molecule has 25 heavy (non-hydrogen) atoms. The second kappa shape index (κ2) is 11.0. The molecule has 7 heteroatoms. The molecule has 0 atom stereocenters. The van der Waals surface area contributed by atoms with Crippen LogP contribution >= 0.6 is 11.8 Å². The maximum absolute atomic E-state index is 10.8. The molecule has 0 aliphatic carbocycles. The van der Waals surface area contributed by atoms with Crippen LogP contribution in [0.5, 0.6) is 0 Å². The second-order valence-corrected chi connectivity index (χ2v) is 14.3. The zero-order valence-electron chi connectivity index (χ0n) is 17.1. The van der Waals surface area contributed by atoms with Crippen LogP contribution < -0.4 is 0 Å². The van der Waals surface area contributed by atoms with Gasteiger partial charge in [-0.3, -0.25) is 14.6 Å². The van der Waals surface area contributed by atoms with Gasteiger partial charge in [0.05, 0.1) is 13.2 Å². The number of carbonyl (C=O) groups excluding carboxylic acids is 1. The van der Waals surface area contributed by atoms with Crippen molar-refractivity contribution in [2.24, 2.45) is 0 Å². The summed E-state index contributed by atoms with van der Waals surface area (Å²) in [6.07, 6.45) is 0. The molecule has 0 aromatic rings. The van der Waals surface area contributed by atoms with Crippen LogP contribution in [0.25, 0.3) is 0 Å². The summed E-state index contributed by atoms with van der Waals surface area (Å²) in [4.78, 5) is 15.8. The van der Waals surface area contributed by atoms with Crippen molar-refractivity contribution in [3.63, 3.8) is 0 Å². The molecule has 1 fully saturated rings. The lowest BCUT2D eigenvalue weighted by Crippen LogP contribution is -2.49. The molecular weight excluding hydrogens is 352 g/mol. The van der Waals surface area contributed by atoms with Crippen LogP contribution in [0.4, 0.5) is 0 Å². The standard InChI is InChI=1S/C18H38N2O3SSi/c1-17(21)24-16-15-22-13-11-19-7-9-20(10-8-19)12-14-23-25(5,6)18(2,3)4/h7-16H2,1-6H3. The molecule has 0 N–H and O–H groups in total. The Morgan fingerprint density at radius 1 is 1.00 bits per heavy atom. The molecule has 148 valence electrons. The number of rotatable bonds is 10.